The number of hydrogen-bond donors (Lipinski definition) is 1. The van der Waals surface area contributed by atoms with Crippen LogP contribution >= 0.6 is 0 Å². The average Bonchev–Trinajstić information content (AvgIpc) is 2.81. The zero-order chi connectivity index (χ0) is 12.4. The fourth-order valence-electron chi connectivity index (χ4n) is 1.41. The molecule has 0 fully saturated rings. The van der Waals surface area contributed by atoms with Crippen molar-refractivity contribution in [3.8, 4) is 17.2 Å². The lowest BCUT2D eigenvalue weighted by molar-refractivity contribution is 0.109. The van der Waals surface area contributed by atoms with Crippen molar-refractivity contribution < 1.29 is 14.4 Å². The van der Waals surface area contributed by atoms with Crippen LogP contribution in [-0.4, -0.2) is 22.4 Å². The van der Waals surface area contributed by atoms with Crippen LogP contribution in [-0.2, 0) is 4.74 Å². The second kappa shape index (κ2) is 4.55. The summed E-state index contributed by atoms with van der Waals surface area (Å²) in [4.78, 5) is 4.24. The maximum atomic E-state index is 9.44. The Hall–Kier alpha value is -1.88. The van der Waals surface area contributed by atoms with Gasteiger partial charge >= 0.3 is 0 Å². The maximum Gasteiger partial charge on any atom is 0.258 e. The average molecular weight is 234 g/mol. The number of nitrogens with zero attached hydrogens (tertiary/aromatic N) is 2. The number of phenolic OH excluding ortho intramolecular Hbond substituents is 1. The first-order valence-corrected chi connectivity index (χ1v) is 5.28. The van der Waals surface area contributed by atoms with Gasteiger partial charge in [0.2, 0.25) is 5.82 Å². The Labute approximate surface area is 99.0 Å². The van der Waals surface area contributed by atoms with Crippen molar-refractivity contribution in [3.63, 3.8) is 0 Å². The van der Waals surface area contributed by atoms with E-state index in [0.717, 1.165) is 11.1 Å². The van der Waals surface area contributed by atoms with Gasteiger partial charge in [-0.2, -0.15) is 4.98 Å². The van der Waals surface area contributed by atoms with Crippen molar-refractivity contribution in [2.45, 2.75) is 20.0 Å². The van der Waals surface area contributed by atoms with E-state index in [1.54, 1.807) is 25.3 Å². The number of phenols is 1. The summed E-state index contributed by atoms with van der Waals surface area (Å²) in [5.41, 5.74) is 1.55. The molecule has 0 spiro atoms. The number of aromatic nitrogens is 2. The lowest BCUT2D eigenvalue weighted by atomic mass is 10.1. The largest absolute Gasteiger partial charge is 0.508 e. The highest BCUT2D eigenvalue weighted by Gasteiger charge is 2.14. The lowest BCUT2D eigenvalue weighted by Crippen LogP contribution is -1.97. The van der Waals surface area contributed by atoms with Crippen LogP contribution in [0.25, 0.3) is 11.5 Å². The Kier molecular flexibility index (Phi) is 3.10. The minimum atomic E-state index is -0.203. The monoisotopic (exact) mass is 234 g/mol. The number of aryl methyl sites for hydroxylation is 1. The third-order valence-corrected chi connectivity index (χ3v) is 2.60. The van der Waals surface area contributed by atoms with Crippen LogP contribution < -0.4 is 0 Å². The predicted octanol–water partition coefficient (Wildman–Crippen LogP) is 2.46. The zero-order valence-electron chi connectivity index (χ0n) is 9.97. The molecule has 2 aromatic rings. The molecule has 0 aliphatic rings. The van der Waals surface area contributed by atoms with E-state index in [4.69, 9.17) is 9.26 Å². The van der Waals surface area contributed by atoms with Gasteiger partial charge in [-0.3, -0.25) is 0 Å². The molecule has 1 heterocycles. The van der Waals surface area contributed by atoms with Crippen molar-refractivity contribution in [3.05, 3.63) is 29.6 Å². The molecule has 1 atom stereocenters. The van der Waals surface area contributed by atoms with Gasteiger partial charge in [-0.05, 0) is 37.6 Å². The molecule has 1 N–H and O–H groups in total. The number of methoxy groups -OCH3 is 1. The quantitative estimate of drug-likeness (QED) is 0.883. The van der Waals surface area contributed by atoms with Gasteiger partial charge < -0.3 is 14.4 Å². The van der Waals surface area contributed by atoms with Gasteiger partial charge in [0.15, 0.2) is 0 Å². The molecule has 0 radical (unpaired) electrons. The summed E-state index contributed by atoms with van der Waals surface area (Å²) in [7, 11) is 1.59. The maximum absolute atomic E-state index is 9.44. The smallest absolute Gasteiger partial charge is 0.258 e. The van der Waals surface area contributed by atoms with E-state index in [1.807, 2.05) is 13.8 Å². The van der Waals surface area contributed by atoms with Gasteiger partial charge in [0.05, 0.1) is 0 Å². The fraction of sp³-hybridized carbons (Fsp3) is 0.333. The zero-order valence-corrected chi connectivity index (χ0v) is 9.97. The number of benzene rings is 1. The van der Waals surface area contributed by atoms with Crippen molar-refractivity contribution in [2.24, 2.45) is 0 Å². The minimum absolute atomic E-state index is 0.203. The molecule has 2 rings (SSSR count). The second-order valence-corrected chi connectivity index (χ2v) is 3.84. The van der Waals surface area contributed by atoms with Crippen LogP contribution in [0.4, 0.5) is 0 Å². The Morgan fingerprint density at radius 2 is 2.18 bits per heavy atom. The summed E-state index contributed by atoms with van der Waals surface area (Å²) >= 11 is 0. The van der Waals surface area contributed by atoms with Crippen LogP contribution in [0.3, 0.4) is 0 Å². The highest BCUT2D eigenvalue weighted by atomic mass is 16.5. The molecule has 0 aliphatic carbocycles. The summed E-state index contributed by atoms with van der Waals surface area (Å²) < 4.78 is 10.2. The molecular weight excluding hydrogens is 220 g/mol. The van der Waals surface area contributed by atoms with Crippen molar-refractivity contribution in [2.75, 3.05) is 7.11 Å². The van der Waals surface area contributed by atoms with E-state index in [9.17, 15) is 5.11 Å². The standard InChI is InChI=1S/C12H14N2O3/c1-7-6-9(4-5-10(7)15)12-13-11(14-17-12)8(2)16-3/h4-6,8,15H,1-3H3. The first-order valence-electron chi connectivity index (χ1n) is 5.28. The summed E-state index contributed by atoms with van der Waals surface area (Å²) in [6.45, 7) is 3.66. The Bertz CT molecular complexity index is 522. The van der Waals surface area contributed by atoms with Gasteiger partial charge in [-0.25, -0.2) is 0 Å². The van der Waals surface area contributed by atoms with Gasteiger partial charge in [-0.1, -0.05) is 5.16 Å². The molecular formula is C12H14N2O3. The Morgan fingerprint density at radius 3 is 2.82 bits per heavy atom. The second-order valence-electron chi connectivity index (χ2n) is 3.84. The molecule has 0 saturated carbocycles. The minimum Gasteiger partial charge on any atom is -0.508 e. The summed E-state index contributed by atoms with van der Waals surface area (Å²) in [5, 5.41) is 13.3. The van der Waals surface area contributed by atoms with Gasteiger partial charge in [0.25, 0.3) is 5.89 Å². The van der Waals surface area contributed by atoms with Crippen LogP contribution in [0.1, 0.15) is 24.4 Å². The SMILES string of the molecule is COC(C)c1noc(-c2ccc(O)c(C)c2)n1. The van der Waals surface area contributed by atoms with E-state index in [2.05, 4.69) is 10.1 Å². The molecule has 0 amide bonds. The van der Waals surface area contributed by atoms with Crippen LogP contribution in [0, 0.1) is 6.92 Å². The number of rotatable bonds is 3. The highest BCUT2D eigenvalue weighted by Crippen LogP contribution is 2.25. The van der Waals surface area contributed by atoms with E-state index < -0.39 is 0 Å². The molecule has 5 nitrogen and oxygen atoms in total. The Balaban J connectivity index is 2.33. The first-order chi connectivity index (χ1) is 8.11. The third kappa shape index (κ3) is 2.29. The number of aromatic hydroxyl groups is 1. The third-order valence-electron chi connectivity index (χ3n) is 2.60. The summed E-state index contributed by atoms with van der Waals surface area (Å²) in [6, 6.07) is 5.13. The van der Waals surface area contributed by atoms with Crippen LogP contribution in [0.5, 0.6) is 5.75 Å². The van der Waals surface area contributed by atoms with E-state index >= 15 is 0 Å². The lowest BCUT2D eigenvalue weighted by Gasteiger charge is -2.01. The highest BCUT2D eigenvalue weighted by molar-refractivity contribution is 5.56. The van der Waals surface area contributed by atoms with Crippen molar-refractivity contribution >= 4 is 0 Å². The normalized spacial score (nSPS) is 12.6. The van der Waals surface area contributed by atoms with Gasteiger partial charge in [0, 0.05) is 12.7 Å². The van der Waals surface area contributed by atoms with E-state index in [-0.39, 0.29) is 11.9 Å². The van der Waals surface area contributed by atoms with Crippen molar-refractivity contribution in [1.29, 1.82) is 0 Å². The first kappa shape index (κ1) is 11.6. The number of ether oxygens (including phenoxy) is 1. The molecule has 5 heteroatoms. The van der Waals surface area contributed by atoms with Crippen molar-refractivity contribution in [1.82, 2.24) is 10.1 Å². The molecule has 1 unspecified atom stereocenters. The summed E-state index contributed by atoms with van der Waals surface area (Å²) in [5.74, 6) is 1.18. The molecule has 0 saturated heterocycles. The summed E-state index contributed by atoms with van der Waals surface area (Å²) in [6.07, 6.45) is -0.203. The molecule has 1 aromatic heterocycles. The van der Waals surface area contributed by atoms with Crippen LogP contribution in [0.2, 0.25) is 0 Å². The number of hydrogen-bond acceptors (Lipinski definition) is 5. The van der Waals surface area contributed by atoms with Gasteiger partial charge in [-0.15, -0.1) is 0 Å². The molecule has 17 heavy (non-hydrogen) atoms. The fourth-order valence-corrected chi connectivity index (χ4v) is 1.41. The van der Waals surface area contributed by atoms with Gasteiger partial charge in [0.1, 0.15) is 11.9 Å². The molecule has 0 aliphatic heterocycles. The topological polar surface area (TPSA) is 68.4 Å². The predicted molar refractivity (Wildman–Crippen MR) is 61.6 cm³/mol. The van der Waals surface area contributed by atoms with Crippen LogP contribution in [0.15, 0.2) is 22.7 Å². The molecule has 0 bridgehead atoms. The Morgan fingerprint density at radius 1 is 1.41 bits per heavy atom. The van der Waals surface area contributed by atoms with E-state index in [0.29, 0.717) is 11.7 Å². The molecule has 1 aromatic carbocycles. The van der Waals surface area contributed by atoms with E-state index in [1.165, 1.54) is 0 Å². The molecule has 90 valence electrons.